The minimum absolute atomic E-state index is 0.0642. The molecular weight excluding hydrogens is 697 g/mol. The first-order valence-corrected chi connectivity index (χ1v) is 24.9. The normalized spacial score (nSPS) is 11.9. The highest BCUT2D eigenvalue weighted by Gasteiger charge is 2.19. The van der Waals surface area contributed by atoms with Crippen molar-refractivity contribution in [2.45, 2.75) is 284 Å². The Labute approximate surface area is 348 Å². The number of carbonyl (C=O) groups excluding carboxylic acids is 3. The van der Waals surface area contributed by atoms with Crippen molar-refractivity contribution in [2.24, 2.45) is 5.92 Å². The highest BCUT2D eigenvalue weighted by atomic mass is 16.6. The van der Waals surface area contributed by atoms with Crippen LogP contribution in [0.4, 0.5) is 0 Å². The van der Waals surface area contributed by atoms with Crippen LogP contribution in [0.1, 0.15) is 278 Å². The largest absolute Gasteiger partial charge is 0.462 e. The summed E-state index contributed by atoms with van der Waals surface area (Å²) in [5, 5.41) is 0. The van der Waals surface area contributed by atoms with Gasteiger partial charge in [-0.1, -0.05) is 240 Å². The molecular formula is C50H96O6. The number of hydrogen-bond acceptors (Lipinski definition) is 6. The quantitative estimate of drug-likeness (QED) is 0.0347. The van der Waals surface area contributed by atoms with Crippen molar-refractivity contribution in [1.82, 2.24) is 0 Å². The number of unbranched alkanes of at least 4 members (excludes halogenated alkanes) is 32. The molecule has 0 saturated heterocycles. The second kappa shape index (κ2) is 44.5. The first kappa shape index (κ1) is 54.4. The topological polar surface area (TPSA) is 78.9 Å². The molecule has 0 bridgehead atoms. The van der Waals surface area contributed by atoms with Gasteiger partial charge >= 0.3 is 17.9 Å². The Bertz CT molecular complexity index is 841. The maximum atomic E-state index is 12.7. The summed E-state index contributed by atoms with van der Waals surface area (Å²) in [4.78, 5) is 37.8. The molecule has 0 aliphatic rings. The molecule has 0 aromatic heterocycles. The Morgan fingerprint density at radius 3 is 0.875 bits per heavy atom. The van der Waals surface area contributed by atoms with Crippen molar-refractivity contribution in [3.8, 4) is 0 Å². The van der Waals surface area contributed by atoms with Crippen LogP contribution < -0.4 is 0 Å². The number of rotatable bonds is 45. The van der Waals surface area contributed by atoms with Crippen molar-refractivity contribution < 1.29 is 28.6 Å². The zero-order chi connectivity index (χ0) is 41.0. The molecule has 0 spiro atoms. The predicted octanol–water partition coefficient (Wildman–Crippen LogP) is 15.9. The summed E-state index contributed by atoms with van der Waals surface area (Å²) in [6.07, 6.45) is 45.3. The lowest BCUT2D eigenvalue weighted by Crippen LogP contribution is -2.30. The molecule has 1 atom stereocenters. The third kappa shape index (κ3) is 43.5. The van der Waals surface area contributed by atoms with Crippen molar-refractivity contribution in [1.29, 1.82) is 0 Å². The van der Waals surface area contributed by atoms with Gasteiger partial charge in [-0.05, 0) is 25.2 Å². The molecule has 0 fully saturated rings. The average Bonchev–Trinajstić information content (AvgIpc) is 3.18. The SMILES string of the molecule is CCCCCCCCCCCCCCCCCCC(=O)OC[C@@H](COC(=O)CCCCCCCCCCCCCCC)OC(=O)CCCCCCCCC(C)C. The van der Waals surface area contributed by atoms with Gasteiger partial charge in [0.2, 0.25) is 0 Å². The number of esters is 3. The van der Waals surface area contributed by atoms with Gasteiger partial charge in [0.25, 0.3) is 0 Å². The Kier molecular flexibility index (Phi) is 43.2. The second-order valence-electron chi connectivity index (χ2n) is 17.6. The van der Waals surface area contributed by atoms with Crippen molar-refractivity contribution in [2.75, 3.05) is 13.2 Å². The van der Waals surface area contributed by atoms with E-state index in [2.05, 4.69) is 27.7 Å². The van der Waals surface area contributed by atoms with Gasteiger partial charge in [-0.15, -0.1) is 0 Å². The fourth-order valence-electron chi connectivity index (χ4n) is 7.51. The van der Waals surface area contributed by atoms with Crippen LogP contribution in [0.5, 0.6) is 0 Å². The van der Waals surface area contributed by atoms with Crippen molar-refractivity contribution in [3.63, 3.8) is 0 Å². The maximum absolute atomic E-state index is 12.7. The molecule has 6 heteroatoms. The van der Waals surface area contributed by atoms with Gasteiger partial charge in [0.05, 0.1) is 0 Å². The zero-order valence-corrected chi connectivity index (χ0v) is 38.1. The summed E-state index contributed by atoms with van der Waals surface area (Å²) in [7, 11) is 0. The fourth-order valence-corrected chi connectivity index (χ4v) is 7.51. The fraction of sp³-hybridized carbons (Fsp3) is 0.940. The van der Waals surface area contributed by atoms with E-state index < -0.39 is 6.10 Å². The number of carbonyl (C=O) groups is 3. The van der Waals surface area contributed by atoms with E-state index in [-0.39, 0.29) is 31.1 Å². The first-order valence-electron chi connectivity index (χ1n) is 24.9. The third-order valence-corrected chi connectivity index (χ3v) is 11.3. The van der Waals surface area contributed by atoms with Crippen LogP contribution in [-0.2, 0) is 28.6 Å². The highest BCUT2D eigenvalue weighted by molar-refractivity contribution is 5.71. The summed E-state index contributed by atoms with van der Waals surface area (Å²) < 4.78 is 16.7. The first-order chi connectivity index (χ1) is 27.4. The van der Waals surface area contributed by atoms with Crippen LogP contribution in [0.2, 0.25) is 0 Å². The van der Waals surface area contributed by atoms with Gasteiger partial charge in [-0.3, -0.25) is 14.4 Å². The lowest BCUT2D eigenvalue weighted by atomic mass is 10.0. The summed E-state index contributed by atoms with van der Waals surface area (Å²) in [5.41, 5.74) is 0. The smallest absolute Gasteiger partial charge is 0.306 e. The number of ether oxygens (including phenoxy) is 3. The molecule has 0 aromatic carbocycles. The van der Waals surface area contributed by atoms with E-state index in [0.29, 0.717) is 19.3 Å². The van der Waals surface area contributed by atoms with Crippen molar-refractivity contribution >= 4 is 17.9 Å². The minimum atomic E-state index is -0.760. The molecule has 0 unspecified atom stereocenters. The monoisotopic (exact) mass is 793 g/mol. The summed E-state index contributed by atoms with van der Waals surface area (Å²) >= 11 is 0. The highest BCUT2D eigenvalue weighted by Crippen LogP contribution is 2.17. The average molecular weight is 793 g/mol. The van der Waals surface area contributed by atoms with Crippen LogP contribution >= 0.6 is 0 Å². The van der Waals surface area contributed by atoms with Gasteiger partial charge < -0.3 is 14.2 Å². The zero-order valence-electron chi connectivity index (χ0n) is 38.1. The molecule has 0 aliphatic carbocycles. The van der Waals surface area contributed by atoms with Crippen LogP contribution in [0.25, 0.3) is 0 Å². The Morgan fingerprint density at radius 1 is 0.339 bits per heavy atom. The van der Waals surface area contributed by atoms with Gasteiger partial charge in [-0.2, -0.15) is 0 Å². The molecule has 0 saturated carbocycles. The van der Waals surface area contributed by atoms with E-state index in [1.54, 1.807) is 0 Å². The van der Waals surface area contributed by atoms with E-state index >= 15 is 0 Å². The number of hydrogen-bond donors (Lipinski definition) is 0. The van der Waals surface area contributed by atoms with Crippen LogP contribution in [-0.4, -0.2) is 37.2 Å². The van der Waals surface area contributed by atoms with Crippen LogP contribution in [0, 0.1) is 5.92 Å². The van der Waals surface area contributed by atoms with E-state index in [1.165, 1.54) is 173 Å². The van der Waals surface area contributed by atoms with Gasteiger partial charge in [0.1, 0.15) is 13.2 Å². The molecule has 0 N–H and O–H groups in total. The van der Waals surface area contributed by atoms with Crippen LogP contribution in [0.3, 0.4) is 0 Å². The molecule has 0 aliphatic heterocycles. The molecule has 0 amide bonds. The van der Waals surface area contributed by atoms with Gasteiger partial charge in [-0.25, -0.2) is 0 Å². The molecule has 0 aromatic rings. The van der Waals surface area contributed by atoms with E-state index in [0.717, 1.165) is 63.7 Å². The lowest BCUT2D eigenvalue weighted by Gasteiger charge is -2.18. The summed E-state index contributed by atoms with van der Waals surface area (Å²) in [6, 6.07) is 0. The minimum Gasteiger partial charge on any atom is -0.462 e. The van der Waals surface area contributed by atoms with E-state index in [4.69, 9.17) is 14.2 Å². The molecule has 0 rings (SSSR count). The van der Waals surface area contributed by atoms with E-state index in [1.807, 2.05) is 0 Å². The lowest BCUT2D eigenvalue weighted by molar-refractivity contribution is -0.167. The van der Waals surface area contributed by atoms with Gasteiger partial charge in [0, 0.05) is 19.3 Å². The van der Waals surface area contributed by atoms with Crippen LogP contribution in [0.15, 0.2) is 0 Å². The Balaban J connectivity index is 4.25. The summed E-state index contributed by atoms with van der Waals surface area (Å²) in [6.45, 7) is 8.95. The maximum Gasteiger partial charge on any atom is 0.306 e. The Morgan fingerprint density at radius 2 is 0.589 bits per heavy atom. The third-order valence-electron chi connectivity index (χ3n) is 11.3. The molecule has 6 nitrogen and oxygen atoms in total. The Hall–Kier alpha value is -1.59. The standard InChI is InChI=1S/C50H96O6/c1-5-7-9-11-13-15-17-19-20-21-23-25-27-29-34-38-42-49(52)55-45-47(56-50(53)43-39-35-31-30-32-36-40-46(3)4)44-54-48(51)41-37-33-28-26-24-22-18-16-14-12-10-8-6-2/h46-47H,5-45H2,1-4H3/t47-/m1/s1. The van der Waals surface area contributed by atoms with Crippen molar-refractivity contribution in [3.05, 3.63) is 0 Å². The summed E-state index contributed by atoms with van der Waals surface area (Å²) in [5.74, 6) is -0.0938. The molecule has 332 valence electrons. The molecule has 56 heavy (non-hydrogen) atoms. The van der Waals surface area contributed by atoms with E-state index in [9.17, 15) is 14.4 Å². The van der Waals surface area contributed by atoms with Gasteiger partial charge in [0.15, 0.2) is 6.10 Å². The molecule has 0 radical (unpaired) electrons. The molecule has 0 heterocycles. The second-order valence-corrected chi connectivity index (χ2v) is 17.6. The predicted molar refractivity (Wildman–Crippen MR) is 238 cm³/mol.